The maximum atomic E-state index is 10.6. The van der Waals surface area contributed by atoms with Crippen molar-refractivity contribution in [3.05, 3.63) is 37.4 Å². The van der Waals surface area contributed by atoms with Gasteiger partial charge in [0, 0.05) is 10.6 Å². The third-order valence-electron chi connectivity index (χ3n) is 1.79. The molecule has 13 heavy (non-hydrogen) atoms. The lowest BCUT2D eigenvalue weighted by Gasteiger charge is -2.04. The summed E-state index contributed by atoms with van der Waals surface area (Å²) in [4.78, 5) is 10.1. The molecule has 3 nitrogen and oxygen atoms in total. The molecule has 0 aromatic heterocycles. The van der Waals surface area contributed by atoms with Crippen LogP contribution in [0.3, 0.4) is 0 Å². The van der Waals surface area contributed by atoms with E-state index in [1.165, 1.54) is 0 Å². The Labute approximate surface area is 85.4 Å². The van der Waals surface area contributed by atoms with Gasteiger partial charge in [-0.1, -0.05) is 23.2 Å². The summed E-state index contributed by atoms with van der Waals surface area (Å²) in [5.74, 6) is 0. The van der Waals surface area contributed by atoms with Crippen molar-refractivity contribution in [3.8, 4) is 0 Å². The van der Waals surface area contributed by atoms with Crippen LogP contribution in [0.25, 0.3) is 0 Å². The van der Waals surface area contributed by atoms with Crippen LogP contribution in [-0.4, -0.2) is 4.92 Å². The molecule has 70 valence electrons. The first kappa shape index (κ1) is 10.3. The van der Waals surface area contributed by atoms with Gasteiger partial charge in [0.15, 0.2) is 0 Å². The van der Waals surface area contributed by atoms with E-state index in [9.17, 15) is 10.1 Å². The zero-order valence-corrected chi connectivity index (χ0v) is 8.61. The number of nitrogens with zero attached hydrogens (tertiary/aromatic N) is 1. The summed E-state index contributed by atoms with van der Waals surface area (Å²) in [5.41, 5.74) is 0.954. The molecule has 0 bridgehead atoms. The molecule has 0 atom stereocenters. The third kappa shape index (κ3) is 1.76. The van der Waals surface area contributed by atoms with Gasteiger partial charge in [-0.15, -0.1) is 0 Å². The number of nitro groups is 1. The molecule has 0 aliphatic carbocycles. The minimum absolute atomic E-state index is 0.0661. The summed E-state index contributed by atoms with van der Waals surface area (Å²) < 4.78 is 0. The monoisotopic (exact) mass is 219 g/mol. The molecule has 0 N–H and O–H groups in total. The van der Waals surface area contributed by atoms with Crippen molar-refractivity contribution in [2.75, 3.05) is 0 Å². The molecule has 0 saturated carbocycles. The van der Waals surface area contributed by atoms with Crippen molar-refractivity contribution in [2.24, 2.45) is 0 Å². The Kier molecular flexibility index (Phi) is 2.78. The van der Waals surface area contributed by atoms with Gasteiger partial charge >= 0.3 is 0 Å². The van der Waals surface area contributed by atoms with Crippen molar-refractivity contribution in [1.29, 1.82) is 0 Å². The highest BCUT2D eigenvalue weighted by atomic mass is 35.5. The molecule has 5 heteroatoms. The predicted molar refractivity (Wildman–Crippen MR) is 52.6 cm³/mol. The second kappa shape index (κ2) is 3.52. The van der Waals surface area contributed by atoms with Crippen molar-refractivity contribution >= 4 is 28.9 Å². The van der Waals surface area contributed by atoms with E-state index in [0.29, 0.717) is 16.1 Å². The zero-order valence-electron chi connectivity index (χ0n) is 7.10. The minimum atomic E-state index is -0.499. The van der Waals surface area contributed by atoms with E-state index in [-0.39, 0.29) is 10.7 Å². The topological polar surface area (TPSA) is 43.1 Å². The summed E-state index contributed by atoms with van der Waals surface area (Å²) >= 11 is 11.6. The lowest BCUT2D eigenvalue weighted by molar-refractivity contribution is -0.385. The maximum Gasteiger partial charge on any atom is 0.291 e. The molecule has 0 unspecified atom stereocenters. The summed E-state index contributed by atoms with van der Waals surface area (Å²) in [6.07, 6.45) is 0. The Bertz CT molecular complexity index is 377. The Morgan fingerprint density at radius 3 is 2.38 bits per heavy atom. The molecule has 1 aromatic rings. The van der Waals surface area contributed by atoms with Gasteiger partial charge < -0.3 is 0 Å². The van der Waals surface area contributed by atoms with Crippen LogP contribution >= 0.6 is 23.2 Å². The lowest BCUT2D eigenvalue weighted by atomic mass is 10.1. The van der Waals surface area contributed by atoms with E-state index in [0.717, 1.165) is 0 Å². The van der Waals surface area contributed by atoms with E-state index >= 15 is 0 Å². The smallest absolute Gasteiger partial charge is 0.258 e. The number of halogens is 2. The maximum absolute atomic E-state index is 10.6. The van der Waals surface area contributed by atoms with Crippen molar-refractivity contribution in [3.63, 3.8) is 0 Å². The molecular formula is C8H7Cl2NO2. The van der Waals surface area contributed by atoms with E-state index in [4.69, 9.17) is 23.2 Å². The molecule has 1 aromatic carbocycles. The fraction of sp³-hybridized carbons (Fsp3) is 0.250. The highest BCUT2D eigenvalue weighted by Crippen LogP contribution is 2.35. The number of benzene rings is 1. The van der Waals surface area contributed by atoms with Crippen LogP contribution < -0.4 is 0 Å². The van der Waals surface area contributed by atoms with Crippen LogP contribution in [0, 0.1) is 24.0 Å². The van der Waals surface area contributed by atoms with Gasteiger partial charge in [-0.25, -0.2) is 0 Å². The van der Waals surface area contributed by atoms with Gasteiger partial charge in [0.1, 0.15) is 5.02 Å². The summed E-state index contributed by atoms with van der Waals surface area (Å²) in [6, 6.07) is 1.54. The van der Waals surface area contributed by atoms with Gasteiger partial charge in [0.05, 0.1) is 4.92 Å². The van der Waals surface area contributed by atoms with Gasteiger partial charge in [-0.3, -0.25) is 10.1 Å². The lowest BCUT2D eigenvalue weighted by Crippen LogP contribution is -1.95. The molecular weight excluding hydrogens is 213 g/mol. The van der Waals surface area contributed by atoms with Crippen molar-refractivity contribution in [2.45, 2.75) is 13.8 Å². The molecule has 0 aliphatic heterocycles. The highest BCUT2D eigenvalue weighted by Gasteiger charge is 2.19. The second-order valence-corrected chi connectivity index (χ2v) is 3.51. The minimum Gasteiger partial charge on any atom is -0.258 e. The summed E-state index contributed by atoms with van der Waals surface area (Å²) in [6.45, 7) is 3.26. The largest absolute Gasteiger partial charge is 0.291 e. The van der Waals surface area contributed by atoms with Gasteiger partial charge in [0.2, 0.25) is 0 Å². The molecule has 1 rings (SSSR count). The average molecular weight is 220 g/mol. The van der Waals surface area contributed by atoms with Crippen LogP contribution in [0.1, 0.15) is 11.1 Å². The molecule has 0 saturated heterocycles. The van der Waals surface area contributed by atoms with Crippen LogP contribution in [0.5, 0.6) is 0 Å². The molecule has 0 fully saturated rings. The van der Waals surface area contributed by atoms with Crippen LogP contribution in [0.4, 0.5) is 5.69 Å². The van der Waals surface area contributed by atoms with Crippen LogP contribution in [-0.2, 0) is 0 Å². The standard InChI is InChI=1S/C8H7Cl2NO2/c1-4-3-6(9)5(2)7(10)8(4)11(12)13/h3H,1-2H3. The Balaban J connectivity index is 3.53. The number of nitro benzene ring substituents is 1. The summed E-state index contributed by atoms with van der Waals surface area (Å²) in [7, 11) is 0. The quantitative estimate of drug-likeness (QED) is 0.536. The van der Waals surface area contributed by atoms with Gasteiger partial charge in [-0.05, 0) is 25.5 Å². The average Bonchev–Trinajstić information content (AvgIpc) is 1.99. The fourth-order valence-corrected chi connectivity index (χ4v) is 1.67. The first-order valence-corrected chi connectivity index (χ1v) is 4.30. The third-order valence-corrected chi connectivity index (χ3v) is 2.65. The van der Waals surface area contributed by atoms with Gasteiger partial charge in [-0.2, -0.15) is 0 Å². The predicted octanol–water partition coefficient (Wildman–Crippen LogP) is 3.52. The zero-order chi connectivity index (χ0) is 10.2. The number of hydrogen-bond acceptors (Lipinski definition) is 2. The fourth-order valence-electron chi connectivity index (χ4n) is 1.05. The van der Waals surface area contributed by atoms with Crippen molar-refractivity contribution < 1.29 is 4.92 Å². The first-order valence-electron chi connectivity index (χ1n) is 3.54. The normalized spacial score (nSPS) is 10.2. The van der Waals surface area contributed by atoms with E-state index in [1.54, 1.807) is 19.9 Å². The first-order chi connectivity index (χ1) is 5.95. The van der Waals surface area contributed by atoms with E-state index in [2.05, 4.69) is 0 Å². The Morgan fingerprint density at radius 2 is 1.92 bits per heavy atom. The second-order valence-electron chi connectivity index (χ2n) is 2.72. The molecule has 0 heterocycles. The van der Waals surface area contributed by atoms with Gasteiger partial charge in [0.25, 0.3) is 5.69 Å². The van der Waals surface area contributed by atoms with Crippen LogP contribution in [0.2, 0.25) is 10.0 Å². The highest BCUT2D eigenvalue weighted by molar-refractivity contribution is 6.37. The number of aryl methyl sites for hydroxylation is 1. The number of rotatable bonds is 1. The SMILES string of the molecule is Cc1cc(Cl)c(C)c(Cl)c1[N+](=O)[O-]. The molecule has 0 amide bonds. The molecule has 0 spiro atoms. The van der Waals surface area contributed by atoms with Crippen LogP contribution in [0.15, 0.2) is 6.07 Å². The van der Waals surface area contributed by atoms with E-state index < -0.39 is 4.92 Å². The Morgan fingerprint density at radius 1 is 1.38 bits per heavy atom. The number of hydrogen-bond donors (Lipinski definition) is 0. The summed E-state index contributed by atoms with van der Waals surface area (Å²) in [5, 5.41) is 11.2. The van der Waals surface area contributed by atoms with Crippen molar-refractivity contribution in [1.82, 2.24) is 0 Å². The molecule has 0 radical (unpaired) electrons. The molecule has 0 aliphatic rings. The van der Waals surface area contributed by atoms with E-state index in [1.807, 2.05) is 0 Å². The Hall–Kier alpha value is -0.800.